The van der Waals surface area contributed by atoms with Crippen LogP contribution in [0.25, 0.3) is 0 Å². The lowest BCUT2D eigenvalue weighted by Crippen LogP contribution is -2.14. The van der Waals surface area contributed by atoms with E-state index in [4.69, 9.17) is 22.1 Å². The Morgan fingerprint density at radius 3 is 2.74 bits per heavy atom. The number of primary amides is 1. The van der Waals surface area contributed by atoms with Gasteiger partial charge in [-0.15, -0.1) is 0 Å². The molecule has 0 aromatic heterocycles. The first-order chi connectivity index (χ1) is 9.11. The summed E-state index contributed by atoms with van der Waals surface area (Å²) in [6.07, 6.45) is 5.15. The van der Waals surface area contributed by atoms with E-state index in [-0.39, 0.29) is 0 Å². The fourth-order valence-electron chi connectivity index (χ4n) is 2.52. The maximum atomic E-state index is 11.3. The number of rotatable bonds is 5. The van der Waals surface area contributed by atoms with E-state index >= 15 is 0 Å². The van der Waals surface area contributed by atoms with Gasteiger partial charge in [-0.05, 0) is 24.8 Å². The lowest BCUT2D eigenvalue weighted by molar-refractivity contribution is 0.0997. The van der Waals surface area contributed by atoms with E-state index in [1.807, 2.05) is 0 Å². The highest BCUT2D eigenvalue weighted by Gasteiger charge is 2.17. The van der Waals surface area contributed by atoms with Crippen molar-refractivity contribution >= 4 is 23.2 Å². The zero-order valence-electron chi connectivity index (χ0n) is 11.0. The fourth-order valence-corrected chi connectivity index (χ4v) is 2.75. The van der Waals surface area contributed by atoms with Crippen molar-refractivity contribution in [3.8, 4) is 5.75 Å². The van der Waals surface area contributed by atoms with Crippen LogP contribution < -0.4 is 15.8 Å². The van der Waals surface area contributed by atoms with Gasteiger partial charge in [-0.25, -0.2) is 0 Å². The van der Waals surface area contributed by atoms with E-state index < -0.39 is 5.91 Å². The summed E-state index contributed by atoms with van der Waals surface area (Å²) >= 11 is 6.16. The van der Waals surface area contributed by atoms with Crippen LogP contribution >= 0.6 is 11.6 Å². The number of nitrogens with two attached hydrogens (primary N) is 1. The number of benzene rings is 1. The monoisotopic (exact) mass is 282 g/mol. The van der Waals surface area contributed by atoms with Crippen molar-refractivity contribution < 1.29 is 9.53 Å². The topological polar surface area (TPSA) is 64.3 Å². The van der Waals surface area contributed by atoms with Crippen LogP contribution in [-0.2, 0) is 0 Å². The summed E-state index contributed by atoms with van der Waals surface area (Å²) in [5.74, 6) is 0.616. The molecule has 1 aliphatic rings. The zero-order valence-corrected chi connectivity index (χ0v) is 11.8. The first-order valence-electron chi connectivity index (χ1n) is 6.53. The minimum atomic E-state index is -0.541. The molecule has 0 saturated heterocycles. The third-order valence-corrected chi connectivity index (χ3v) is 3.92. The Kier molecular flexibility index (Phi) is 4.53. The summed E-state index contributed by atoms with van der Waals surface area (Å²) in [6, 6.07) is 3.29. The van der Waals surface area contributed by atoms with Gasteiger partial charge in [0.1, 0.15) is 5.75 Å². The Labute approximate surface area is 118 Å². The van der Waals surface area contributed by atoms with Crippen molar-refractivity contribution in [3.63, 3.8) is 0 Å². The molecule has 1 saturated carbocycles. The lowest BCUT2D eigenvalue weighted by atomic mass is 10.1. The Balaban J connectivity index is 2.13. The van der Waals surface area contributed by atoms with Crippen molar-refractivity contribution in [2.24, 2.45) is 11.7 Å². The number of nitrogens with one attached hydrogen (secondary N) is 1. The molecule has 5 heteroatoms. The molecule has 0 radical (unpaired) electrons. The summed E-state index contributed by atoms with van der Waals surface area (Å²) in [7, 11) is 1.51. The van der Waals surface area contributed by atoms with Crippen LogP contribution in [0.4, 0.5) is 5.69 Å². The van der Waals surface area contributed by atoms with Gasteiger partial charge in [-0.3, -0.25) is 4.79 Å². The molecule has 1 aromatic carbocycles. The number of anilines is 1. The van der Waals surface area contributed by atoms with Gasteiger partial charge in [0, 0.05) is 12.6 Å². The van der Waals surface area contributed by atoms with Gasteiger partial charge in [0.25, 0.3) is 5.91 Å². The van der Waals surface area contributed by atoms with E-state index in [0.717, 1.165) is 12.2 Å². The summed E-state index contributed by atoms with van der Waals surface area (Å²) < 4.78 is 5.17. The van der Waals surface area contributed by atoms with Crippen LogP contribution in [-0.4, -0.2) is 19.6 Å². The highest BCUT2D eigenvalue weighted by molar-refractivity contribution is 6.33. The van der Waals surface area contributed by atoms with Gasteiger partial charge in [-0.1, -0.05) is 24.4 Å². The molecule has 2 rings (SSSR count). The highest BCUT2D eigenvalue weighted by Crippen LogP contribution is 2.32. The standard InChI is InChI=1S/C14H19ClN2O2/c1-19-13-7-12(11(15)6-10(13)14(16)18)17-8-9-4-2-3-5-9/h6-7,9,17H,2-5,8H2,1H3,(H2,16,18). The predicted octanol–water partition coefficient (Wildman–Crippen LogP) is 3.05. The number of carbonyl (C=O) groups is 1. The average Bonchev–Trinajstić information content (AvgIpc) is 2.90. The number of ether oxygens (including phenoxy) is 1. The van der Waals surface area contributed by atoms with Gasteiger partial charge in [0.05, 0.1) is 23.4 Å². The molecule has 0 spiro atoms. The number of amides is 1. The second-order valence-corrected chi connectivity index (χ2v) is 5.34. The molecule has 0 atom stereocenters. The minimum Gasteiger partial charge on any atom is -0.496 e. The van der Waals surface area contributed by atoms with Gasteiger partial charge < -0.3 is 15.8 Å². The molecular weight excluding hydrogens is 264 g/mol. The van der Waals surface area contributed by atoms with E-state index in [2.05, 4.69) is 5.32 Å². The molecule has 4 nitrogen and oxygen atoms in total. The Hall–Kier alpha value is -1.42. The van der Waals surface area contributed by atoms with Crippen LogP contribution in [0.1, 0.15) is 36.0 Å². The van der Waals surface area contributed by atoms with Crippen LogP contribution in [0.3, 0.4) is 0 Å². The maximum Gasteiger partial charge on any atom is 0.252 e. The molecule has 1 fully saturated rings. The SMILES string of the molecule is COc1cc(NCC2CCCC2)c(Cl)cc1C(N)=O. The number of carbonyl (C=O) groups excluding carboxylic acids is 1. The zero-order chi connectivity index (χ0) is 13.8. The predicted molar refractivity (Wildman–Crippen MR) is 77.0 cm³/mol. The fraction of sp³-hybridized carbons (Fsp3) is 0.500. The second kappa shape index (κ2) is 6.15. The van der Waals surface area contributed by atoms with E-state index in [9.17, 15) is 4.79 Å². The molecule has 1 amide bonds. The third kappa shape index (κ3) is 3.32. The van der Waals surface area contributed by atoms with Gasteiger partial charge in [0.15, 0.2) is 0 Å². The normalized spacial score (nSPS) is 15.5. The Morgan fingerprint density at radius 2 is 2.16 bits per heavy atom. The summed E-state index contributed by atoms with van der Waals surface area (Å²) in [5, 5.41) is 3.82. The van der Waals surface area contributed by atoms with E-state index in [1.54, 1.807) is 12.1 Å². The van der Waals surface area contributed by atoms with Crippen molar-refractivity contribution in [3.05, 3.63) is 22.7 Å². The Bertz CT molecular complexity index is 471. The molecule has 19 heavy (non-hydrogen) atoms. The summed E-state index contributed by atoms with van der Waals surface area (Å²) in [4.78, 5) is 11.3. The second-order valence-electron chi connectivity index (χ2n) is 4.93. The average molecular weight is 283 g/mol. The van der Waals surface area contributed by atoms with Gasteiger partial charge >= 0.3 is 0 Å². The van der Waals surface area contributed by atoms with Crippen LogP contribution in [0.15, 0.2) is 12.1 Å². The smallest absolute Gasteiger partial charge is 0.252 e. The molecule has 1 aliphatic carbocycles. The number of hydrogen-bond acceptors (Lipinski definition) is 3. The van der Waals surface area contributed by atoms with Crippen LogP contribution in [0.5, 0.6) is 5.75 Å². The van der Waals surface area contributed by atoms with Crippen molar-refractivity contribution in [1.29, 1.82) is 0 Å². The molecule has 0 unspecified atom stereocenters. The maximum absolute atomic E-state index is 11.3. The van der Waals surface area contributed by atoms with Crippen molar-refractivity contribution in [1.82, 2.24) is 0 Å². The van der Waals surface area contributed by atoms with Gasteiger partial charge in [-0.2, -0.15) is 0 Å². The molecule has 3 N–H and O–H groups in total. The quantitative estimate of drug-likeness (QED) is 0.872. The largest absolute Gasteiger partial charge is 0.496 e. The van der Waals surface area contributed by atoms with Crippen molar-refractivity contribution in [2.45, 2.75) is 25.7 Å². The third-order valence-electron chi connectivity index (χ3n) is 3.61. The summed E-state index contributed by atoms with van der Waals surface area (Å²) in [6.45, 7) is 0.902. The van der Waals surface area contributed by atoms with Crippen LogP contribution in [0.2, 0.25) is 5.02 Å². The molecule has 0 aliphatic heterocycles. The molecule has 1 aromatic rings. The molecular formula is C14H19ClN2O2. The molecule has 104 valence electrons. The lowest BCUT2D eigenvalue weighted by Gasteiger charge is -2.15. The minimum absolute atomic E-state index is 0.305. The van der Waals surface area contributed by atoms with E-state index in [1.165, 1.54) is 32.8 Å². The van der Waals surface area contributed by atoms with E-state index in [0.29, 0.717) is 22.3 Å². The van der Waals surface area contributed by atoms with Crippen LogP contribution in [0, 0.1) is 5.92 Å². The first kappa shape index (κ1) is 14.0. The summed E-state index contributed by atoms with van der Waals surface area (Å²) in [5.41, 5.74) is 6.38. The highest BCUT2D eigenvalue weighted by atomic mass is 35.5. The van der Waals surface area contributed by atoms with Gasteiger partial charge in [0.2, 0.25) is 0 Å². The number of methoxy groups -OCH3 is 1. The van der Waals surface area contributed by atoms with Crippen molar-refractivity contribution in [2.75, 3.05) is 19.0 Å². The number of hydrogen-bond donors (Lipinski definition) is 2. The first-order valence-corrected chi connectivity index (χ1v) is 6.91. The Morgan fingerprint density at radius 1 is 1.47 bits per heavy atom. The molecule has 0 heterocycles. The molecule has 0 bridgehead atoms. The number of halogens is 1.